The molecule has 1 fully saturated rings. The molecule has 0 bridgehead atoms. The maximum atomic E-state index is 13.5. The molecule has 35 heavy (non-hydrogen) atoms. The summed E-state index contributed by atoms with van der Waals surface area (Å²) in [5, 5.41) is 14.8. The van der Waals surface area contributed by atoms with E-state index in [1.807, 2.05) is 13.8 Å². The van der Waals surface area contributed by atoms with Gasteiger partial charge in [0.2, 0.25) is 11.8 Å². The van der Waals surface area contributed by atoms with Crippen LogP contribution in [0.3, 0.4) is 0 Å². The Balaban J connectivity index is 1.70. The van der Waals surface area contributed by atoms with Gasteiger partial charge in [0.25, 0.3) is 0 Å². The van der Waals surface area contributed by atoms with Gasteiger partial charge in [-0.25, -0.2) is 9.18 Å². The maximum absolute atomic E-state index is 13.5. The fraction of sp³-hybridized carbons (Fsp3) is 0.444. The topological polar surface area (TPSA) is 95.5 Å². The number of aliphatic carboxylic acids is 1. The van der Waals surface area contributed by atoms with E-state index in [1.165, 1.54) is 12.1 Å². The van der Waals surface area contributed by atoms with E-state index in [0.717, 1.165) is 29.5 Å². The number of halogens is 1. The van der Waals surface area contributed by atoms with Crippen LogP contribution in [0.25, 0.3) is 11.1 Å². The molecule has 2 atom stereocenters. The molecule has 2 amide bonds. The molecule has 0 radical (unpaired) electrons. The fourth-order valence-electron chi connectivity index (χ4n) is 4.49. The average Bonchev–Trinajstić information content (AvgIpc) is 3.28. The smallest absolute Gasteiger partial charge is 0.326 e. The molecule has 1 saturated carbocycles. The zero-order chi connectivity index (χ0) is 25.6. The van der Waals surface area contributed by atoms with Crippen molar-refractivity contribution >= 4 is 30.4 Å². The summed E-state index contributed by atoms with van der Waals surface area (Å²) in [6, 6.07) is 12.2. The molecule has 0 aliphatic heterocycles. The molecule has 1 aliphatic rings. The Morgan fingerprint density at radius 3 is 2.29 bits per heavy atom. The highest BCUT2D eigenvalue weighted by Crippen LogP contribution is 2.31. The Morgan fingerprint density at radius 1 is 1.06 bits per heavy atom. The van der Waals surface area contributed by atoms with Gasteiger partial charge in [0.05, 0.1) is 5.25 Å². The second-order valence-corrected chi connectivity index (χ2v) is 10.3. The van der Waals surface area contributed by atoms with Crippen molar-refractivity contribution in [3.8, 4) is 11.1 Å². The molecule has 0 unspecified atom stereocenters. The number of hydrogen-bond acceptors (Lipinski definition) is 4. The number of carboxylic acid groups (broad SMARTS) is 1. The molecule has 3 N–H and O–H groups in total. The van der Waals surface area contributed by atoms with Crippen LogP contribution in [-0.4, -0.2) is 39.7 Å². The molecular formula is C27H33FN2O4S. The summed E-state index contributed by atoms with van der Waals surface area (Å²) < 4.78 is 13.5. The summed E-state index contributed by atoms with van der Waals surface area (Å²) >= 11 is 4.39. The van der Waals surface area contributed by atoms with E-state index < -0.39 is 28.7 Å². The Bertz CT molecular complexity index is 1050. The van der Waals surface area contributed by atoms with Crippen LogP contribution in [0.5, 0.6) is 0 Å². The van der Waals surface area contributed by atoms with Gasteiger partial charge in [0.1, 0.15) is 17.4 Å². The number of rotatable bonds is 10. The van der Waals surface area contributed by atoms with Crippen molar-refractivity contribution in [2.24, 2.45) is 5.92 Å². The van der Waals surface area contributed by atoms with E-state index in [2.05, 4.69) is 23.3 Å². The van der Waals surface area contributed by atoms with Gasteiger partial charge in [0.15, 0.2) is 0 Å². The Kier molecular flexibility index (Phi) is 8.94. The molecular weight excluding hydrogens is 467 g/mol. The minimum Gasteiger partial charge on any atom is -0.480 e. The molecule has 1 aliphatic carbocycles. The van der Waals surface area contributed by atoms with Crippen LogP contribution in [-0.2, 0) is 20.8 Å². The molecule has 0 aromatic heterocycles. The lowest BCUT2D eigenvalue weighted by Crippen LogP contribution is -2.61. The van der Waals surface area contributed by atoms with E-state index in [-0.39, 0.29) is 24.1 Å². The lowest BCUT2D eigenvalue weighted by molar-refractivity contribution is -0.143. The van der Waals surface area contributed by atoms with E-state index in [4.69, 9.17) is 0 Å². The van der Waals surface area contributed by atoms with Crippen LogP contribution in [0.15, 0.2) is 48.5 Å². The number of hydrogen-bond donors (Lipinski definition) is 4. The maximum Gasteiger partial charge on any atom is 0.326 e. The first kappa shape index (κ1) is 26.7. The van der Waals surface area contributed by atoms with E-state index in [9.17, 15) is 23.9 Å². The van der Waals surface area contributed by atoms with E-state index in [0.29, 0.717) is 19.3 Å². The van der Waals surface area contributed by atoms with Gasteiger partial charge in [-0.15, -0.1) is 0 Å². The van der Waals surface area contributed by atoms with E-state index >= 15 is 0 Å². The van der Waals surface area contributed by atoms with Crippen LogP contribution >= 0.6 is 12.6 Å². The first-order chi connectivity index (χ1) is 16.6. The summed E-state index contributed by atoms with van der Waals surface area (Å²) in [5.74, 6) is -1.99. The molecule has 188 valence electrons. The zero-order valence-electron chi connectivity index (χ0n) is 20.1. The third kappa shape index (κ3) is 7.07. The Labute approximate surface area is 211 Å². The van der Waals surface area contributed by atoms with Crippen LogP contribution < -0.4 is 10.6 Å². The van der Waals surface area contributed by atoms with Gasteiger partial charge in [-0.2, -0.15) is 12.6 Å². The highest BCUT2D eigenvalue weighted by molar-refractivity contribution is 7.81. The molecule has 2 aromatic rings. The standard InChI is InChI=1S/C27H33FN2O4S/c1-17(2)14-23(35)24(31)30-27(12-3-4-13-27)26(34)29-22(25(32)33)15-18-8-10-19(11-9-18)20-6-5-7-21(28)16-20/h5-11,16-17,22-23,35H,3-4,12-15H2,1-2H3,(H,29,34)(H,30,31)(H,32,33)/t22-,23-/m0/s1. The van der Waals surface area contributed by atoms with Gasteiger partial charge in [-0.05, 0) is 54.0 Å². The second kappa shape index (κ2) is 11.7. The number of thiol groups is 1. The number of amides is 2. The van der Waals surface area contributed by atoms with Crippen molar-refractivity contribution in [3.05, 3.63) is 59.9 Å². The minimum absolute atomic E-state index is 0.0804. The van der Waals surface area contributed by atoms with Gasteiger partial charge in [-0.1, -0.05) is 63.1 Å². The Hall–Kier alpha value is -2.87. The van der Waals surface area contributed by atoms with Crippen molar-refractivity contribution < 1.29 is 23.9 Å². The molecule has 2 aromatic carbocycles. The van der Waals surface area contributed by atoms with Crippen molar-refractivity contribution in [3.63, 3.8) is 0 Å². The van der Waals surface area contributed by atoms with Gasteiger partial charge >= 0.3 is 5.97 Å². The fourth-order valence-corrected chi connectivity index (χ4v) is 4.98. The number of benzene rings is 2. The summed E-state index contributed by atoms with van der Waals surface area (Å²) in [7, 11) is 0. The van der Waals surface area contributed by atoms with E-state index in [1.54, 1.807) is 36.4 Å². The monoisotopic (exact) mass is 500 g/mol. The van der Waals surface area contributed by atoms with Crippen LogP contribution in [0, 0.1) is 11.7 Å². The molecule has 6 nitrogen and oxygen atoms in total. The second-order valence-electron chi connectivity index (χ2n) is 9.70. The number of carbonyl (C=O) groups excluding carboxylic acids is 2. The normalized spacial score (nSPS) is 16.5. The molecule has 3 rings (SSSR count). The number of nitrogens with one attached hydrogen (secondary N) is 2. The number of carbonyl (C=O) groups is 3. The summed E-state index contributed by atoms with van der Waals surface area (Å²) in [6.07, 6.45) is 3.12. The predicted octanol–water partition coefficient (Wildman–Crippen LogP) is 4.38. The summed E-state index contributed by atoms with van der Waals surface area (Å²) in [6.45, 7) is 3.99. The largest absolute Gasteiger partial charge is 0.480 e. The first-order valence-electron chi connectivity index (χ1n) is 12.0. The average molecular weight is 501 g/mol. The summed E-state index contributed by atoms with van der Waals surface area (Å²) in [5.41, 5.74) is 1.12. The van der Waals surface area contributed by atoms with Crippen molar-refractivity contribution in [1.29, 1.82) is 0 Å². The Morgan fingerprint density at radius 2 is 1.71 bits per heavy atom. The van der Waals surface area contributed by atoms with Crippen LogP contribution in [0.4, 0.5) is 4.39 Å². The zero-order valence-corrected chi connectivity index (χ0v) is 21.0. The highest BCUT2D eigenvalue weighted by atomic mass is 32.1. The third-order valence-corrected chi connectivity index (χ3v) is 6.85. The molecule has 8 heteroatoms. The predicted molar refractivity (Wildman–Crippen MR) is 137 cm³/mol. The molecule has 0 saturated heterocycles. The quantitative estimate of drug-likeness (QED) is 0.364. The van der Waals surface area contributed by atoms with Crippen LogP contribution in [0.1, 0.15) is 51.5 Å². The lowest BCUT2D eigenvalue weighted by Gasteiger charge is -2.31. The summed E-state index contributed by atoms with van der Waals surface area (Å²) in [4.78, 5) is 38.0. The minimum atomic E-state index is -1.15. The van der Waals surface area contributed by atoms with Crippen molar-refractivity contribution in [1.82, 2.24) is 10.6 Å². The number of carboxylic acids is 1. The molecule has 0 spiro atoms. The lowest BCUT2D eigenvalue weighted by atomic mass is 9.94. The van der Waals surface area contributed by atoms with Crippen molar-refractivity contribution in [2.75, 3.05) is 0 Å². The third-order valence-electron chi connectivity index (χ3n) is 6.41. The SMILES string of the molecule is CC(C)C[C@H](S)C(=O)NC1(C(=O)N[C@@H](Cc2ccc(-c3cccc(F)c3)cc2)C(=O)O)CCCC1. The van der Waals surface area contributed by atoms with Crippen LogP contribution in [0.2, 0.25) is 0 Å². The first-order valence-corrected chi connectivity index (χ1v) is 12.5. The molecule has 0 heterocycles. The highest BCUT2D eigenvalue weighted by Gasteiger charge is 2.44. The van der Waals surface area contributed by atoms with Gasteiger partial charge in [0, 0.05) is 6.42 Å². The van der Waals surface area contributed by atoms with Gasteiger partial charge in [-0.3, -0.25) is 9.59 Å². The van der Waals surface area contributed by atoms with Crippen molar-refractivity contribution in [2.45, 2.75) is 69.2 Å². The van der Waals surface area contributed by atoms with Gasteiger partial charge < -0.3 is 15.7 Å².